The van der Waals surface area contributed by atoms with Gasteiger partial charge in [-0.2, -0.15) is 0 Å². The zero-order chi connectivity index (χ0) is 42.3. The Morgan fingerprint density at radius 3 is 1.33 bits per heavy atom. The number of hydrogen-bond acceptors (Lipinski definition) is 14. The van der Waals surface area contributed by atoms with E-state index in [9.17, 15) is 19.5 Å². The molecule has 2 fully saturated rings. The summed E-state index contributed by atoms with van der Waals surface area (Å²) in [6.07, 6.45) is -11.8. The fourth-order valence-corrected chi connectivity index (χ4v) is 7.08. The largest absolute Gasteiger partial charge is 0.456 e. The molecule has 0 aliphatic carbocycles. The molecule has 4 aromatic rings. The number of carbonyl (C=O) groups excluding carboxylic acids is 3. The molecule has 6 rings (SSSR count). The lowest BCUT2D eigenvalue weighted by Crippen LogP contribution is -2.64. The number of rotatable bonds is 19. The molecular weight excluding hydrogens is 776 g/mol. The van der Waals surface area contributed by atoms with E-state index in [1.165, 1.54) is 0 Å². The zero-order valence-electron chi connectivity index (χ0n) is 33.8. The van der Waals surface area contributed by atoms with Crippen LogP contribution in [0, 0.1) is 0 Å². The minimum Gasteiger partial charge on any atom is -0.456 e. The van der Waals surface area contributed by atoms with Crippen molar-refractivity contribution in [2.24, 2.45) is 0 Å². The van der Waals surface area contributed by atoms with Crippen molar-refractivity contribution in [3.8, 4) is 0 Å². The van der Waals surface area contributed by atoms with E-state index in [-0.39, 0.29) is 33.0 Å². The highest BCUT2D eigenvalue weighted by Gasteiger charge is 2.53. The Hall–Kier alpha value is -5.03. The summed E-state index contributed by atoms with van der Waals surface area (Å²) >= 11 is 0. The van der Waals surface area contributed by atoms with Crippen molar-refractivity contribution in [1.29, 1.82) is 0 Å². The van der Waals surface area contributed by atoms with E-state index < -0.39 is 79.3 Å². The van der Waals surface area contributed by atoms with E-state index in [2.05, 4.69) is 0 Å². The van der Waals surface area contributed by atoms with Gasteiger partial charge in [0.05, 0.1) is 39.6 Å². The topological polar surface area (TPSA) is 164 Å². The van der Waals surface area contributed by atoms with Crippen LogP contribution in [-0.4, -0.2) is 97.6 Å². The first kappa shape index (κ1) is 44.5. The molecule has 14 nitrogen and oxygen atoms in total. The van der Waals surface area contributed by atoms with Crippen LogP contribution in [0.25, 0.3) is 0 Å². The number of aliphatic hydroxyl groups is 1. The van der Waals surface area contributed by atoms with E-state index in [0.29, 0.717) is 6.61 Å². The van der Waals surface area contributed by atoms with E-state index >= 15 is 0 Å². The molecule has 60 heavy (non-hydrogen) atoms. The molecule has 0 unspecified atom stereocenters. The maximum Gasteiger partial charge on any atom is 0.303 e. The van der Waals surface area contributed by atoms with Crippen molar-refractivity contribution in [2.45, 2.75) is 109 Å². The predicted octanol–water partition coefficient (Wildman–Crippen LogP) is 5.21. The summed E-state index contributed by atoms with van der Waals surface area (Å²) in [5, 5.41) is 11.1. The van der Waals surface area contributed by atoms with E-state index in [4.69, 9.17) is 47.4 Å². The third kappa shape index (κ3) is 13.0. The van der Waals surface area contributed by atoms with Crippen LogP contribution in [0.5, 0.6) is 0 Å². The average Bonchev–Trinajstić information content (AvgIpc) is 3.24. The van der Waals surface area contributed by atoms with Crippen LogP contribution in [0.4, 0.5) is 0 Å². The van der Waals surface area contributed by atoms with Gasteiger partial charge in [0.1, 0.15) is 30.5 Å². The van der Waals surface area contributed by atoms with Crippen molar-refractivity contribution in [2.75, 3.05) is 13.2 Å². The minimum absolute atomic E-state index is 0.0676. The molecule has 2 aliphatic heterocycles. The van der Waals surface area contributed by atoms with Crippen molar-refractivity contribution < 1.29 is 66.9 Å². The standard InChI is InChI=1S/C46H52O14/c1-30(47)56-40-38(59-45(50)43(58-32(3)49)42(40)57-31(2)48)29-55-46-44(54-27-36-22-14-7-15-23-36)41(53-26-35-20-12-6-13-21-35)39(52-25-34-18-10-5-11-19-34)37(60-46)28-51-24-33-16-8-4-9-17-33/h4-23,37-46,50H,24-29H2,1-3H3/t37-,38-,39+,40+,41+,42+,43-,44-,45-,46+/m1/s1. The Morgan fingerprint density at radius 2 is 0.850 bits per heavy atom. The Labute approximate surface area is 349 Å². The van der Waals surface area contributed by atoms with Crippen LogP contribution < -0.4 is 0 Å². The Morgan fingerprint density at radius 1 is 0.450 bits per heavy atom. The molecule has 0 bridgehead atoms. The smallest absolute Gasteiger partial charge is 0.303 e. The molecule has 2 saturated heterocycles. The van der Waals surface area contributed by atoms with E-state index in [1.54, 1.807) is 0 Å². The number of benzene rings is 4. The molecule has 2 heterocycles. The molecule has 0 spiro atoms. The van der Waals surface area contributed by atoms with Crippen LogP contribution in [-0.2, 0) is 88.2 Å². The van der Waals surface area contributed by atoms with Crippen LogP contribution in [0.15, 0.2) is 121 Å². The molecule has 14 heteroatoms. The monoisotopic (exact) mass is 828 g/mol. The molecule has 0 amide bonds. The fourth-order valence-electron chi connectivity index (χ4n) is 7.08. The average molecular weight is 829 g/mol. The van der Waals surface area contributed by atoms with Crippen LogP contribution in [0.2, 0.25) is 0 Å². The molecule has 320 valence electrons. The van der Waals surface area contributed by atoms with Gasteiger partial charge in [-0.15, -0.1) is 0 Å². The summed E-state index contributed by atoms with van der Waals surface area (Å²) in [5.41, 5.74) is 3.68. The summed E-state index contributed by atoms with van der Waals surface area (Å²) in [6, 6.07) is 38.7. The lowest BCUT2D eigenvalue weighted by molar-refractivity contribution is -0.343. The van der Waals surface area contributed by atoms with Crippen LogP contribution in [0.1, 0.15) is 43.0 Å². The highest BCUT2D eigenvalue weighted by molar-refractivity contribution is 5.68. The quantitative estimate of drug-likeness (QED) is 0.0968. The van der Waals surface area contributed by atoms with Crippen LogP contribution in [0.3, 0.4) is 0 Å². The predicted molar refractivity (Wildman–Crippen MR) is 213 cm³/mol. The van der Waals surface area contributed by atoms with Gasteiger partial charge in [-0.1, -0.05) is 121 Å². The molecule has 0 aromatic heterocycles. The highest BCUT2D eigenvalue weighted by atomic mass is 16.7. The third-order valence-corrected chi connectivity index (χ3v) is 9.78. The number of esters is 3. The molecule has 1 N–H and O–H groups in total. The second-order valence-electron chi connectivity index (χ2n) is 14.4. The van der Waals surface area contributed by atoms with Crippen molar-refractivity contribution in [3.63, 3.8) is 0 Å². The normalized spacial score (nSPS) is 26.5. The zero-order valence-corrected chi connectivity index (χ0v) is 33.8. The fraction of sp³-hybridized carbons (Fsp3) is 0.413. The molecule has 4 aromatic carbocycles. The summed E-state index contributed by atoms with van der Waals surface area (Å²) in [7, 11) is 0. The SMILES string of the molecule is CC(=O)O[C@@H]1[C@@H](OC(C)=O)[C@H](O)O[C@H](CO[C@H]2O[C@H](COCc3ccccc3)[C@H](OCc3ccccc3)[C@H](OCc3ccccc3)[C@H]2OCc2ccccc2)[C@@H]1OC(C)=O. The summed E-state index contributed by atoms with van der Waals surface area (Å²) in [5.74, 6) is -2.30. The van der Waals surface area contributed by atoms with Gasteiger partial charge in [0.25, 0.3) is 0 Å². The summed E-state index contributed by atoms with van der Waals surface area (Å²) < 4.78 is 61.9. The second kappa shape index (κ2) is 22.5. The van der Waals surface area contributed by atoms with Gasteiger partial charge in [-0.25, -0.2) is 0 Å². The van der Waals surface area contributed by atoms with Gasteiger partial charge >= 0.3 is 17.9 Å². The Kier molecular flexibility index (Phi) is 16.7. The van der Waals surface area contributed by atoms with E-state index in [1.807, 2.05) is 121 Å². The molecule has 0 saturated carbocycles. The Balaban J connectivity index is 1.34. The summed E-state index contributed by atoms with van der Waals surface area (Å²) in [6.45, 7) is 3.97. The van der Waals surface area contributed by atoms with Gasteiger partial charge in [0.15, 0.2) is 30.9 Å². The van der Waals surface area contributed by atoms with Gasteiger partial charge in [-0.05, 0) is 22.3 Å². The van der Waals surface area contributed by atoms with Crippen LogP contribution >= 0.6 is 0 Å². The minimum atomic E-state index is -1.78. The second-order valence-corrected chi connectivity index (χ2v) is 14.4. The number of hydrogen-bond donors (Lipinski definition) is 1. The number of ether oxygens (including phenoxy) is 10. The number of aliphatic hydroxyl groups excluding tert-OH is 1. The maximum absolute atomic E-state index is 12.4. The first-order valence-corrected chi connectivity index (χ1v) is 19.8. The lowest BCUT2D eigenvalue weighted by atomic mass is 9.97. The first-order valence-electron chi connectivity index (χ1n) is 19.8. The highest BCUT2D eigenvalue weighted by Crippen LogP contribution is 2.34. The first-order chi connectivity index (χ1) is 29.1. The van der Waals surface area contributed by atoms with Gasteiger partial charge in [0, 0.05) is 20.8 Å². The lowest BCUT2D eigenvalue weighted by Gasteiger charge is -2.47. The maximum atomic E-state index is 12.4. The molecule has 10 atom stereocenters. The third-order valence-electron chi connectivity index (χ3n) is 9.78. The molecule has 0 radical (unpaired) electrons. The molecular formula is C46H52O14. The van der Waals surface area contributed by atoms with Gasteiger partial charge < -0.3 is 52.5 Å². The molecule has 2 aliphatic rings. The van der Waals surface area contributed by atoms with E-state index in [0.717, 1.165) is 43.0 Å². The number of carbonyl (C=O) groups is 3. The van der Waals surface area contributed by atoms with Crippen molar-refractivity contribution in [1.82, 2.24) is 0 Å². The summed E-state index contributed by atoms with van der Waals surface area (Å²) in [4.78, 5) is 36.7. The Bertz CT molecular complexity index is 1900. The van der Waals surface area contributed by atoms with Crippen molar-refractivity contribution in [3.05, 3.63) is 144 Å². The van der Waals surface area contributed by atoms with Gasteiger partial charge in [-0.3, -0.25) is 14.4 Å². The van der Waals surface area contributed by atoms with Gasteiger partial charge in [0.2, 0.25) is 0 Å². The van der Waals surface area contributed by atoms with Crippen molar-refractivity contribution >= 4 is 17.9 Å².